The molecular weight excluding hydrogens is 270 g/mol. The highest BCUT2D eigenvalue weighted by atomic mass is 16.5. The number of ether oxygens (including phenoxy) is 1. The Balaban J connectivity index is 1.68. The summed E-state index contributed by atoms with van der Waals surface area (Å²) in [6, 6.07) is 22.9. The number of hydrogen-bond acceptors (Lipinski definition) is 2. The summed E-state index contributed by atoms with van der Waals surface area (Å²) in [7, 11) is 0. The maximum absolute atomic E-state index is 6.02. The van der Waals surface area contributed by atoms with Crippen LogP contribution < -0.4 is 10.1 Å². The van der Waals surface area contributed by atoms with Crippen LogP contribution in [0.3, 0.4) is 0 Å². The molecule has 2 heteroatoms. The Morgan fingerprint density at radius 2 is 1.64 bits per heavy atom. The molecule has 0 bridgehead atoms. The minimum absolute atomic E-state index is 0.0973. The van der Waals surface area contributed by atoms with Crippen molar-refractivity contribution >= 4 is 16.5 Å². The van der Waals surface area contributed by atoms with E-state index in [4.69, 9.17) is 4.74 Å². The predicted molar refractivity (Wildman–Crippen MR) is 93.7 cm³/mol. The molecule has 0 amide bonds. The van der Waals surface area contributed by atoms with E-state index in [9.17, 15) is 0 Å². The third-order valence-electron chi connectivity index (χ3n) is 3.79. The van der Waals surface area contributed by atoms with Crippen molar-refractivity contribution < 1.29 is 4.74 Å². The van der Waals surface area contributed by atoms with Gasteiger partial charge in [0.25, 0.3) is 0 Å². The molecule has 3 rings (SSSR count). The fourth-order valence-corrected chi connectivity index (χ4v) is 2.58. The molecule has 0 saturated carbocycles. The standard InChI is InChI=1S/C20H21NO/c1-15-8-3-6-13-20(15)22-16(2)14-21-19-12-7-10-17-9-4-5-11-18(17)19/h3-13,16,21H,14H2,1-2H3. The Kier molecular flexibility index (Phi) is 4.29. The molecule has 0 fully saturated rings. The zero-order valence-corrected chi connectivity index (χ0v) is 13.0. The normalized spacial score (nSPS) is 12.1. The molecule has 1 N–H and O–H groups in total. The largest absolute Gasteiger partial charge is 0.489 e. The van der Waals surface area contributed by atoms with Crippen LogP contribution in [0.15, 0.2) is 66.7 Å². The van der Waals surface area contributed by atoms with Crippen molar-refractivity contribution in [1.29, 1.82) is 0 Å². The van der Waals surface area contributed by atoms with E-state index >= 15 is 0 Å². The first kappa shape index (κ1) is 14.5. The fourth-order valence-electron chi connectivity index (χ4n) is 2.58. The van der Waals surface area contributed by atoms with E-state index in [0.29, 0.717) is 0 Å². The zero-order valence-electron chi connectivity index (χ0n) is 13.0. The van der Waals surface area contributed by atoms with Crippen molar-refractivity contribution in [3.63, 3.8) is 0 Å². The third kappa shape index (κ3) is 3.22. The molecule has 1 atom stereocenters. The smallest absolute Gasteiger partial charge is 0.122 e. The molecule has 3 aromatic carbocycles. The SMILES string of the molecule is Cc1ccccc1OC(C)CNc1cccc2ccccc12. The van der Waals surface area contributed by atoms with Gasteiger partial charge in [-0.3, -0.25) is 0 Å². The Hall–Kier alpha value is -2.48. The molecule has 0 radical (unpaired) electrons. The van der Waals surface area contributed by atoms with Crippen molar-refractivity contribution in [2.75, 3.05) is 11.9 Å². The maximum atomic E-state index is 6.02. The number of benzene rings is 3. The number of aryl methyl sites for hydroxylation is 1. The summed E-state index contributed by atoms with van der Waals surface area (Å²) in [5.41, 5.74) is 2.32. The Labute approximate surface area is 131 Å². The summed E-state index contributed by atoms with van der Waals surface area (Å²) in [6.07, 6.45) is 0.0973. The molecular formula is C20H21NO. The monoisotopic (exact) mass is 291 g/mol. The number of rotatable bonds is 5. The van der Waals surface area contributed by atoms with Crippen molar-refractivity contribution in [3.05, 3.63) is 72.3 Å². The number of para-hydroxylation sites is 1. The summed E-state index contributed by atoms with van der Waals surface area (Å²) in [5, 5.41) is 6.00. The summed E-state index contributed by atoms with van der Waals surface area (Å²) in [6.45, 7) is 4.92. The van der Waals surface area contributed by atoms with Crippen molar-refractivity contribution in [2.45, 2.75) is 20.0 Å². The first-order valence-corrected chi connectivity index (χ1v) is 7.68. The summed E-state index contributed by atoms with van der Waals surface area (Å²) < 4.78 is 6.02. The number of nitrogens with one attached hydrogen (secondary N) is 1. The first-order chi connectivity index (χ1) is 10.7. The molecule has 0 aromatic heterocycles. The van der Waals surface area contributed by atoms with E-state index in [2.05, 4.69) is 67.7 Å². The molecule has 0 spiro atoms. The summed E-state index contributed by atoms with van der Waals surface area (Å²) >= 11 is 0. The molecule has 22 heavy (non-hydrogen) atoms. The van der Waals surface area contributed by atoms with Crippen molar-refractivity contribution in [3.8, 4) is 5.75 Å². The van der Waals surface area contributed by atoms with Gasteiger partial charge in [0.2, 0.25) is 0 Å². The van der Waals surface area contributed by atoms with Gasteiger partial charge in [0.1, 0.15) is 11.9 Å². The second-order valence-electron chi connectivity index (χ2n) is 5.60. The Morgan fingerprint density at radius 3 is 2.50 bits per heavy atom. The second kappa shape index (κ2) is 6.52. The van der Waals surface area contributed by atoms with Crippen molar-refractivity contribution in [2.24, 2.45) is 0 Å². The van der Waals surface area contributed by atoms with E-state index < -0.39 is 0 Å². The van der Waals surface area contributed by atoms with Crippen LogP contribution in [0.2, 0.25) is 0 Å². The lowest BCUT2D eigenvalue weighted by atomic mass is 10.1. The maximum Gasteiger partial charge on any atom is 0.122 e. The van der Waals surface area contributed by atoms with Gasteiger partial charge in [0, 0.05) is 11.1 Å². The lowest BCUT2D eigenvalue weighted by molar-refractivity contribution is 0.233. The van der Waals surface area contributed by atoms with Gasteiger partial charge in [-0.25, -0.2) is 0 Å². The van der Waals surface area contributed by atoms with Crippen LogP contribution in [-0.4, -0.2) is 12.6 Å². The van der Waals surface area contributed by atoms with Gasteiger partial charge >= 0.3 is 0 Å². The topological polar surface area (TPSA) is 21.3 Å². The molecule has 0 heterocycles. The second-order valence-corrected chi connectivity index (χ2v) is 5.60. The zero-order chi connectivity index (χ0) is 15.4. The quantitative estimate of drug-likeness (QED) is 0.712. The minimum Gasteiger partial charge on any atom is -0.489 e. The highest BCUT2D eigenvalue weighted by Crippen LogP contribution is 2.23. The number of hydrogen-bond donors (Lipinski definition) is 1. The highest BCUT2D eigenvalue weighted by Gasteiger charge is 2.07. The Bertz CT molecular complexity index is 761. The molecule has 1 unspecified atom stereocenters. The molecule has 112 valence electrons. The minimum atomic E-state index is 0.0973. The number of fused-ring (bicyclic) bond motifs is 1. The Morgan fingerprint density at radius 1 is 0.909 bits per heavy atom. The van der Waals surface area contributed by atoms with Crippen LogP contribution in [0, 0.1) is 6.92 Å². The van der Waals surface area contributed by atoms with E-state index in [1.54, 1.807) is 0 Å². The van der Waals surface area contributed by atoms with Crippen LogP contribution in [-0.2, 0) is 0 Å². The average Bonchev–Trinajstić information content (AvgIpc) is 2.55. The fraction of sp³-hybridized carbons (Fsp3) is 0.200. The average molecular weight is 291 g/mol. The first-order valence-electron chi connectivity index (χ1n) is 7.68. The molecule has 0 aliphatic heterocycles. The molecule has 0 aliphatic carbocycles. The summed E-state index contributed by atoms with van der Waals surface area (Å²) in [5.74, 6) is 0.953. The molecule has 3 aromatic rings. The van der Waals surface area contributed by atoms with Crippen LogP contribution in [0.1, 0.15) is 12.5 Å². The third-order valence-corrected chi connectivity index (χ3v) is 3.79. The van der Waals surface area contributed by atoms with Gasteiger partial charge in [-0.05, 0) is 36.9 Å². The van der Waals surface area contributed by atoms with Gasteiger partial charge < -0.3 is 10.1 Å². The van der Waals surface area contributed by atoms with E-state index in [1.807, 2.05) is 18.2 Å². The summed E-state index contributed by atoms with van der Waals surface area (Å²) in [4.78, 5) is 0. The van der Waals surface area contributed by atoms with Crippen molar-refractivity contribution in [1.82, 2.24) is 0 Å². The lowest BCUT2D eigenvalue weighted by Crippen LogP contribution is -2.23. The van der Waals surface area contributed by atoms with Gasteiger partial charge in [-0.15, -0.1) is 0 Å². The van der Waals surface area contributed by atoms with E-state index in [0.717, 1.165) is 18.0 Å². The van der Waals surface area contributed by atoms with Gasteiger partial charge in [-0.2, -0.15) is 0 Å². The lowest BCUT2D eigenvalue weighted by Gasteiger charge is -2.18. The van der Waals surface area contributed by atoms with Crippen LogP contribution >= 0.6 is 0 Å². The highest BCUT2D eigenvalue weighted by molar-refractivity contribution is 5.93. The van der Waals surface area contributed by atoms with Crippen LogP contribution in [0.25, 0.3) is 10.8 Å². The number of anilines is 1. The van der Waals surface area contributed by atoms with E-state index in [-0.39, 0.29) is 6.10 Å². The molecule has 2 nitrogen and oxygen atoms in total. The van der Waals surface area contributed by atoms with Gasteiger partial charge in [0.15, 0.2) is 0 Å². The van der Waals surface area contributed by atoms with Gasteiger partial charge in [0.05, 0.1) is 6.54 Å². The van der Waals surface area contributed by atoms with E-state index in [1.165, 1.54) is 16.3 Å². The van der Waals surface area contributed by atoms with Crippen LogP contribution in [0.4, 0.5) is 5.69 Å². The molecule has 0 saturated heterocycles. The van der Waals surface area contributed by atoms with Gasteiger partial charge in [-0.1, -0.05) is 54.6 Å². The van der Waals surface area contributed by atoms with Crippen LogP contribution in [0.5, 0.6) is 5.75 Å². The predicted octanol–water partition coefficient (Wildman–Crippen LogP) is 5.03. The molecule has 0 aliphatic rings.